The SMILES string of the molecule is Nc1nc2c(ccn2[C@@H]2O[C@H](COP(=O)(O)O)[C@@H](O)[C@H]2O)c(=O)[nH]1. The topological polar surface area (TPSA) is 193 Å². The number of aliphatic hydroxyl groups excluding tert-OH is 2. The predicted octanol–water partition coefficient (Wildman–Crippen LogP) is -1.96. The molecule has 0 saturated carbocycles. The van der Waals surface area contributed by atoms with Crippen molar-refractivity contribution in [3.8, 4) is 0 Å². The predicted molar refractivity (Wildman–Crippen MR) is 78.7 cm³/mol. The zero-order chi connectivity index (χ0) is 17.6. The Morgan fingerprint density at radius 2 is 2.12 bits per heavy atom. The maximum absolute atomic E-state index is 11.8. The van der Waals surface area contributed by atoms with Crippen LogP contribution >= 0.6 is 7.82 Å². The van der Waals surface area contributed by atoms with E-state index in [1.807, 2.05) is 0 Å². The molecule has 24 heavy (non-hydrogen) atoms. The summed E-state index contributed by atoms with van der Waals surface area (Å²) in [6.07, 6.45) is -3.81. The minimum atomic E-state index is -4.75. The van der Waals surface area contributed by atoms with E-state index < -0.39 is 44.5 Å². The lowest BCUT2D eigenvalue weighted by Crippen LogP contribution is -2.33. The van der Waals surface area contributed by atoms with Crippen molar-refractivity contribution in [2.75, 3.05) is 12.3 Å². The number of aromatic amines is 1. The molecule has 0 amide bonds. The first-order valence-electron chi connectivity index (χ1n) is 6.75. The molecule has 1 aliphatic heterocycles. The summed E-state index contributed by atoms with van der Waals surface area (Å²) in [6, 6.07) is 1.43. The van der Waals surface area contributed by atoms with Gasteiger partial charge in [0.1, 0.15) is 18.3 Å². The van der Waals surface area contributed by atoms with Crippen LogP contribution in [0.15, 0.2) is 17.1 Å². The minimum Gasteiger partial charge on any atom is -0.387 e. The second kappa shape index (κ2) is 5.93. The Balaban J connectivity index is 1.90. The van der Waals surface area contributed by atoms with Crippen LogP contribution < -0.4 is 11.3 Å². The number of fused-ring (bicyclic) bond motifs is 1. The summed E-state index contributed by atoms with van der Waals surface area (Å²) >= 11 is 0. The van der Waals surface area contributed by atoms with Gasteiger partial charge in [-0.1, -0.05) is 0 Å². The third kappa shape index (κ3) is 3.08. The van der Waals surface area contributed by atoms with Gasteiger partial charge in [-0.2, -0.15) is 4.98 Å². The van der Waals surface area contributed by atoms with E-state index in [1.165, 1.54) is 16.8 Å². The lowest BCUT2D eigenvalue weighted by molar-refractivity contribution is -0.0501. The molecule has 12 nitrogen and oxygen atoms in total. The molecule has 0 bridgehead atoms. The Hall–Kier alpha value is -1.79. The molecule has 0 aromatic carbocycles. The van der Waals surface area contributed by atoms with Gasteiger partial charge in [-0.05, 0) is 6.07 Å². The van der Waals surface area contributed by atoms with Crippen molar-refractivity contribution in [3.63, 3.8) is 0 Å². The number of rotatable bonds is 4. The average Bonchev–Trinajstić information content (AvgIpc) is 3.00. The Morgan fingerprint density at radius 3 is 2.79 bits per heavy atom. The van der Waals surface area contributed by atoms with Crippen molar-refractivity contribution in [2.45, 2.75) is 24.5 Å². The number of nitrogens with zero attached hydrogens (tertiary/aromatic N) is 2. The fraction of sp³-hybridized carbons (Fsp3) is 0.455. The summed E-state index contributed by atoms with van der Waals surface area (Å²) in [4.78, 5) is 35.5. The summed E-state index contributed by atoms with van der Waals surface area (Å²) in [5, 5.41) is 20.3. The van der Waals surface area contributed by atoms with Crippen molar-refractivity contribution in [3.05, 3.63) is 22.6 Å². The summed E-state index contributed by atoms with van der Waals surface area (Å²) in [7, 11) is -4.75. The molecule has 0 aliphatic carbocycles. The summed E-state index contributed by atoms with van der Waals surface area (Å²) < 4.78 is 21.7. The summed E-state index contributed by atoms with van der Waals surface area (Å²) in [5.74, 6) is -0.137. The van der Waals surface area contributed by atoms with Crippen molar-refractivity contribution in [1.29, 1.82) is 0 Å². The molecule has 4 atom stereocenters. The number of anilines is 1. The lowest BCUT2D eigenvalue weighted by atomic mass is 10.1. The van der Waals surface area contributed by atoms with Gasteiger partial charge >= 0.3 is 7.82 Å². The second-order valence-corrected chi connectivity index (χ2v) is 6.48. The average molecular weight is 362 g/mol. The zero-order valence-electron chi connectivity index (χ0n) is 12.0. The van der Waals surface area contributed by atoms with Crippen LogP contribution in [0.5, 0.6) is 0 Å². The van der Waals surface area contributed by atoms with Crippen LogP contribution in [-0.2, 0) is 13.8 Å². The number of phosphoric acid groups is 1. The third-order valence-corrected chi connectivity index (χ3v) is 4.10. The Labute approximate surface area is 133 Å². The molecular formula is C11H15N4O8P. The molecule has 0 spiro atoms. The van der Waals surface area contributed by atoms with Gasteiger partial charge in [-0.15, -0.1) is 0 Å². The van der Waals surface area contributed by atoms with Crippen molar-refractivity contribution in [2.24, 2.45) is 0 Å². The molecule has 3 rings (SSSR count). The first-order valence-corrected chi connectivity index (χ1v) is 8.28. The van der Waals surface area contributed by atoms with E-state index in [-0.39, 0.29) is 17.0 Å². The van der Waals surface area contributed by atoms with Gasteiger partial charge in [0, 0.05) is 6.20 Å². The molecule has 2 aromatic heterocycles. The fourth-order valence-electron chi connectivity index (χ4n) is 2.53. The smallest absolute Gasteiger partial charge is 0.387 e. The molecule has 7 N–H and O–H groups in total. The molecule has 3 heterocycles. The van der Waals surface area contributed by atoms with Crippen LogP contribution in [0.1, 0.15) is 6.23 Å². The van der Waals surface area contributed by atoms with Gasteiger partial charge in [0.05, 0.1) is 12.0 Å². The Kier molecular flexibility index (Phi) is 4.21. The molecule has 0 unspecified atom stereocenters. The van der Waals surface area contributed by atoms with E-state index in [9.17, 15) is 19.6 Å². The summed E-state index contributed by atoms with van der Waals surface area (Å²) in [6.45, 7) is -0.631. The van der Waals surface area contributed by atoms with Crippen LogP contribution in [-0.4, -0.2) is 59.5 Å². The molecule has 13 heteroatoms. The number of aromatic nitrogens is 3. The number of nitrogen functional groups attached to an aromatic ring is 1. The van der Waals surface area contributed by atoms with Crippen LogP contribution in [0.4, 0.5) is 5.95 Å². The minimum absolute atomic E-state index is 0.129. The van der Waals surface area contributed by atoms with E-state index in [0.29, 0.717) is 0 Å². The monoisotopic (exact) mass is 362 g/mol. The van der Waals surface area contributed by atoms with Crippen molar-refractivity contribution >= 4 is 24.8 Å². The quantitative estimate of drug-likeness (QED) is 0.332. The number of phosphoric ester groups is 1. The Bertz CT molecular complexity index is 859. The highest BCUT2D eigenvalue weighted by molar-refractivity contribution is 7.46. The molecule has 0 radical (unpaired) electrons. The fourth-order valence-corrected chi connectivity index (χ4v) is 2.87. The molecular weight excluding hydrogens is 347 g/mol. The highest BCUT2D eigenvalue weighted by atomic mass is 31.2. The number of hydrogen-bond acceptors (Lipinski definition) is 8. The third-order valence-electron chi connectivity index (χ3n) is 3.62. The van der Waals surface area contributed by atoms with Gasteiger partial charge in [0.15, 0.2) is 11.9 Å². The van der Waals surface area contributed by atoms with Crippen LogP contribution in [0.3, 0.4) is 0 Å². The van der Waals surface area contributed by atoms with Gasteiger partial charge in [0.2, 0.25) is 5.95 Å². The molecule has 132 valence electrons. The number of ether oxygens (including phenoxy) is 1. The van der Waals surface area contributed by atoms with E-state index >= 15 is 0 Å². The van der Waals surface area contributed by atoms with E-state index in [0.717, 1.165) is 0 Å². The molecule has 1 fully saturated rings. The lowest BCUT2D eigenvalue weighted by Gasteiger charge is -2.17. The van der Waals surface area contributed by atoms with Gasteiger partial charge in [-0.3, -0.25) is 14.3 Å². The van der Waals surface area contributed by atoms with E-state index in [4.69, 9.17) is 20.3 Å². The molecule has 1 saturated heterocycles. The number of hydrogen-bond donors (Lipinski definition) is 6. The zero-order valence-corrected chi connectivity index (χ0v) is 12.9. The number of nitrogens with two attached hydrogens (primary N) is 1. The van der Waals surface area contributed by atoms with Gasteiger partial charge in [-0.25, -0.2) is 4.57 Å². The maximum Gasteiger partial charge on any atom is 0.469 e. The normalized spacial score (nSPS) is 27.8. The van der Waals surface area contributed by atoms with Gasteiger partial charge in [0.25, 0.3) is 5.56 Å². The molecule has 2 aromatic rings. The Morgan fingerprint density at radius 1 is 1.42 bits per heavy atom. The first-order chi connectivity index (χ1) is 11.2. The molecule has 1 aliphatic rings. The maximum atomic E-state index is 11.8. The van der Waals surface area contributed by atoms with Gasteiger partial charge < -0.3 is 35.0 Å². The number of nitrogens with one attached hydrogen (secondary N) is 1. The summed E-state index contributed by atoms with van der Waals surface area (Å²) in [5.41, 5.74) is 5.14. The first kappa shape index (κ1) is 17.0. The standard InChI is InChI=1S/C11H15N4O8P/c12-11-13-8-4(9(18)14-11)1-2-15(8)10-7(17)6(16)5(23-10)3-22-24(19,20)21/h1-2,5-7,10,16-17H,3H2,(H2,19,20,21)(H3,12,13,14,18)/t5-,6-,7-,10-/m1/s1. The number of aliphatic hydroxyl groups is 2. The van der Waals surface area contributed by atoms with Crippen LogP contribution in [0, 0.1) is 0 Å². The largest absolute Gasteiger partial charge is 0.469 e. The van der Waals surface area contributed by atoms with E-state index in [1.54, 1.807) is 0 Å². The van der Waals surface area contributed by atoms with Crippen molar-refractivity contribution in [1.82, 2.24) is 14.5 Å². The van der Waals surface area contributed by atoms with Crippen LogP contribution in [0.25, 0.3) is 11.0 Å². The second-order valence-electron chi connectivity index (χ2n) is 5.24. The highest BCUT2D eigenvalue weighted by Crippen LogP contribution is 2.38. The van der Waals surface area contributed by atoms with E-state index in [2.05, 4.69) is 14.5 Å². The van der Waals surface area contributed by atoms with Crippen molar-refractivity contribution < 1.29 is 33.8 Å². The number of H-pyrrole nitrogens is 1. The highest BCUT2D eigenvalue weighted by Gasteiger charge is 2.45. The van der Waals surface area contributed by atoms with Crippen LogP contribution in [0.2, 0.25) is 0 Å².